The van der Waals surface area contributed by atoms with Crippen LogP contribution in [0.2, 0.25) is 0 Å². The first-order chi connectivity index (χ1) is 8.49. The molecule has 0 saturated carbocycles. The molecule has 0 amide bonds. The predicted molar refractivity (Wildman–Crippen MR) is 71.1 cm³/mol. The van der Waals surface area contributed by atoms with Crippen molar-refractivity contribution in [1.82, 2.24) is 4.31 Å². The van der Waals surface area contributed by atoms with E-state index in [1.165, 1.54) is 0 Å². The maximum atomic E-state index is 12.3. The molecule has 6 heteroatoms. The standard InChI is InChI=1S/C12H25NO4S/c1-11-5-4-6-12(2)13(11)18(14,15)10-9-17-8-7-16-3/h11-12H,4-10H2,1-3H3. The van der Waals surface area contributed by atoms with E-state index in [4.69, 9.17) is 9.47 Å². The molecule has 0 aliphatic carbocycles. The second kappa shape index (κ2) is 7.43. The first-order valence-corrected chi connectivity index (χ1v) is 8.18. The van der Waals surface area contributed by atoms with Gasteiger partial charge in [0.2, 0.25) is 10.0 Å². The lowest BCUT2D eigenvalue weighted by atomic mass is 10.0. The fourth-order valence-corrected chi connectivity index (χ4v) is 4.31. The second-order valence-corrected chi connectivity index (χ2v) is 6.87. The topological polar surface area (TPSA) is 55.8 Å². The van der Waals surface area contributed by atoms with Gasteiger partial charge in [0, 0.05) is 19.2 Å². The number of piperidine rings is 1. The molecule has 1 aliphatic rings. The third-order valence-electron chi connectivity index (χ3n) is 3.35. The van der Waals surface area contributed by atoms with Gasteiger partial charge in [0.25, 0.3) is 0 Å². The van der Waals surface area contributed by atoms with Crippen LogP contribution in [0.4, 0.5) is 0 Å². The fourth-order valence-electron chi connectivity index (χ4n) is 2.46. The molecule has 1 aliphatic heterocycles. The summed E-state index contributed by atoms with van der Waals surface area (Å²) in [6.07, 6.45) is 3.01. The first-order valence-electron chi connectivity index (χ1n) is 6.57. The highest BCUT2D eigenvalue weighted by atomic mass is 32.2. The Morgan fingerprint density at radius 2 is 1.72 bits per heavy atom. The number of hydrogen-bond acceptors (Lipinski definition) is 4. The summed E-state index contributed by atoms with van der Waals surface area (Å²) in [5.41, 5.74) is 0. The minimum atomic E-state index is -3.20. The van der Waals surface area contributed by atoms with Gasteiger partial charge in [0.15, 0.2) is 0 Å². The molecule has 2 atom stereocenters. The van der Waals surface area contributed by atoms with Crippen molar-refractivity contribution in [2.45, 2.75) is 45.2 Å². The Labute approximate surface area is 110 Å². The summed E-state index contributed by atoms with van der Waals surface area (Å²) in [5, 5.41) is 0. The summed E-state index contributed by atoms with van der Waals surface area (Å²) >= 11 is 0. The average Bonchev–Trinajstić information content (AvgIpc) is 2.28. The number of hydrogen-bond donors (Lipinski definition) is 0. The van der Waals surface area contributed by atoms with E-state index in [1.807, 2.05) is 13.8 Å². The van der Waals surface area contributed by atoms with Crippen LogP contribution in [0.1, 0.15) is 33.1 Å². The van der Waals surface area contributed by atoms with E-state index in [1.54, 1.807) is 11.4 Å². The summed E-state index contributed by atoms with van der Waals surface area (Å²) in [5.74, 6) is 0.0609. The maximum absolute atomic E-state index is 12.3. The Morgan fingerprint density at radius 3 is 2.28 bits per heavy atom. The molecule has 108 valence electrons. The molecule has 0 bridgehead atoms. The lowest BCUT2D eigenvalue weighted by Gasteiger charge is -2.37. The molecule has 1 saturated heterocycles. The van der Waals surface area contributed by atoms with Gasteiger partial charge >= 0.3 is 0 Å². The molecule has 0 N–H and O–H groups in total. The Morgan fingerprint density at radius 1 is 1.11 bits per heavy atom. The van der Waals surface area contributed by atoms with Crippen LogP contribution in [0.25, 0.3) is 0 Å². The van der Waals surface area contributed by atoms with Crippen LogP contribution in [-0.4, -0.2) is 57.5 Å². The minimum Gasteiger partial charge on any atom is -0.382 e. The molecule has 1 rings (SSSR count). The van der Waals surface area contributed by atoms with E-state index in [0.29, 0.717) is 13.2 Å². The zero-order valence-corrected chi connectivity index (χ0v) is 12.4. The van der Waals surface area contributed by atoms with Crippen molar-refractivity contribution >= 4 is 10.0 Å². The highest BCUT2D eigenvalue weighted by Gasteiger charge is 2.33. The van der Waals surface area contributed by atoms with E-state index in [2.05, 4.69) is 0 Å². The van der Waals surface area contributed by atoms with Gasteiger partial charge in [0.1, 0.15) is 0 Å². The molecule has 1 heterocycles. The van der Waals surface area contributed by atoms with Crippen molar-refractivity contribution in [2.75, 3.05) is 32.7 Å². The normalized spacial score (nSPS) is 26.4. The van der Waals surface area contributed by atoms with Crippen molar-refractivity contribution in [2.24, 2.45) is 0 Å². The summed E-state index contributed by atoms with van der Waals surface area (Å²) < 4.78 is 36.3. The zero-order valence-electron chi connectivity index (χ0n) is 11.6. The number of sulfonamides is 1. The summed E-state index contributed by atoms with van der Waals surface area (Å²) in [6.45, 7) is 5.15. The molecule has 18 heavy (non-hydrogen) atoms. The van der Waals surface area contributed by atoms with Gasteiger partial charge in [-0.3, -0.25) is 0 Å². The van der Waals surface area contributed by atoms with Crippen LogP contribution in [-0.2, 0) is 19.5 Å². The molecule has 2 unspecified atom stereocenters. The van der Waals surface area contributed by atoms with Crippen LogP contribution in [0, 0.1) is 0 Å². The van der Waals surface area contributed by atoms with Gasteiger partial charge in [-0.25, -0.2) is 8.42 Å². The number of nitrogens with zero attached hydrogens (tertiary/aromatic N) is 1. The van der Waals surface area contributed by atoms with Crippen molar-refractivity contribution in [1.29, 1.82) is 0 Å². The third kappa shape index (κ3) is 4.50. The number of methoxy groups -OCH3 is 1. The molecule has 5 nitrogen and oxygen atoms in total. The Balaban J connectivity index is 2.46. The van der Waals surface area contributed by atoms with E-state index in [-0.39, 0.29) is 24.4 Å². The Hall–Kier alpha value is -0.170. The molecule has 1 fully saturated rings. The Bertz CT molecular complexity index is 321. The van der Waals surface area contributed by atoms with Gasteiger partial charge in [-0.15, -0.1) is 0 Å². The first kappa shape index (κ1) is 15.9. The third-order valence-corrected chi connectivity index (χ3v) is 5.40. The fraction of sp³-hybridized carbons (Fsp3) is 1.00. The highest BCUT2D eigenvalue weighted by molar-refractivity contribution is 7.89. The van der Waals surface area contributed by atoms with Crippen molar-refractivity contribution in [3.63, 3.8) is 0 Å². The van der Waals surface area contributed by atoms with Crippen LogP contribution >= 0.6 is 0 Å². The smallest absolute Gasteiger partial charge is 0.216 e. The van der Waals surface area contributed by atoms with Gasteiger partial charge in [-0.05, 0) is 26.7 Å². The minimum absolute atomic E-state index is 0.0609. The highest BCUT2D eigenvalue weighted by Crippen LogP contribution is 2.25. The molecule has 0 aromatic carbocycles. The lowest BCUT2D eigenvalue weighted by Crippen LogP contribution is -2.48. The largest absolute Gasteiger partial charge is 0.382 e. The van der Waals surface area contributed by atoms with Crippen molar-refractivity contribution in [3.8, 4) is 0 Å². The summed E-state index contributed by atoms with van der Waals surface area (Å²) in [7, 11) is -1.61. The van der Waals surface area contributed by atoms with Crippen LogP contribution in [0.5, 0.6) is 0 Å². The molecule has 0 aromatic heterocycles. The predicted octanol–water partition coefficient (Wildman–Crippen LogP) is 1.24. The van der Waals surface area contributed by atoms with E-state index >= 15 is 0 Å². The van der Waals surface area contributed by atoms with E-state index in [0.717, 1.165) is 19.3 Å². The monoisotopic (exact) mass is 279 g/mol. The molecule has 0 aromatic rings. The van der Waals surface area contributed by atoms with E-state index in [9.17, 15) is 8.42 Å². The lowest BCUT2D eigenvalue weighted by molar-refractivity contribution is 0.0777. The quantitative estimate of drug-likeness (QED) is 0.658. The number of ether oxygens (including phenoxy) is 2. The van der Waals surface area contributed by atoms with Gasteiger partial charge in [0.05, 0.1) is 25.6 Å². The molecular weight excluding hydrogens is 254 g/mol. The molecule has 0 spiro atoms. The molecule has 0 radical (unpaired) electrons. The van der Waals surface area contributed by atoms with Crippen molar-refractivity contribution in [3.05, 3.63) is 0 Å². The molecular formula is C12H25NO4S. The zero-order chi connectivity index (χ0) is 13.6. The number of rotatable bonds is 7. The summed E-state index contributed by atoms with van der Waals surface area (Å²) in [4.78, 5) is 0. The van der Waals surface area contributed by atoms with E-state index < -0.39 is 10.0 Å². The van der Waals surface area contributed by atoms with Crippen LogP contribution in [0.3, 0.4) is 0 Å². The Kier molecular flexibility index (Phi) is 6.55. The van der Waals surface area contributed by atoms with Gasteiger partial charge < -0.3 is 9.47 Å². The van der Waals surface area contributed by atoms with Gasteiger partial charge in [-0.1, -0.05) is 6.42 Å². The SMILES string of the molecule is COCCOCCS(=O)(=O)N1C(C)CCCC1C. The van der Waals surface area contributed by atoms with Gasteiger partial charge in [-0.2, -0.15) is 4.31 Å². The van der Waals surface area contributed by atoms with Crippen molar-refractivity contribution < 1.29 is 17.9 Å². The maximum Gasteiger partial charge on any atom is 0.216 e. The average molecular weight is 279 g/mol. The van der Waals surface area contributed by atoms with Crippen LogP contribution < -0.4 is 0 Å². The van der Waals surface area contributed by atoms with Crippen LogP contribution in [0.15, 0.2) is 0 Å². The summed E-state index contributed by atoms with van der Waals surface area (Å²) in [6, 6.07) is 0.218. The second-order valence-electron chi connectivity index (χ2n) is 4.88.